The Balaban J connectivity index is 3.44. The SMILES string of the molecule is CCC(C)N(C)S(=O)(=O)c1cc(C)c(F)c(C(=O)O)c1. The van der Waals surface area contributed by atoms with Crippen LogP contribution in [-0.2, 0) is 10.0 Å². The molecule has 0 radical (unpaired) electrons. The van der Waals surface area contributed by atoms with Gasteiger partial charge in [-0.3, -0.25) is 0 Å². The van der Waals surface area contributed by atoms with E-state index in [4.69, 9.17) is 5.11 Å². The van der Waals surface area contributed by atoms with Crippen LogP contribution in [0.25, 0.3) is 0 Å². The molecule has 112 valence electrons. The van der Waals surface area contributed by atoms with Crippen LogP contribution in [0.15, 0.2) is 17.0 Å². The largest absolute Gasteiger partial charge is 0.478 e. The number of nitrogens with zero attached hydrogens (tertiary/aromatic N) is 1. The molecule has 0 saturated carbocycles. The standard InChI is InChI=1S/C13H18FNO4S/c1-5-9(3)15(4)20(18,19)10-6-8(2)12(14)11(7-10)13(16)17/h6-7,9H,5H2,1-4H3,(H,16,17). The molecule has 0 heterocycles. The second-order valence-electron chi connectivity index (χ2n) is 4.69. The smallest absolute Gasteiger partial charge is 0.338 e. The van der Waals surface area contributed by atoms with Gasteiger partial charge in [0.2, 0.25) is 10.0 Å². The van der Waals surface area contributed by atoms with Crippen LogP contribution < -0.4 is 0 Å². The fourth-order valence-corrected chi connectivity index (χ4v) is 3.25. The maximum absolute atomic E-state index is 13.7. The number of halogens is 1. The third-order valence-corrected chi connectivity index (χ3v) is 5.30. The lowest BCUT2D eigenvalue weighted by atomic mass is 10.1. The molecule has 0 aromatic heterocycles. The molecule has 1 aromatic rings. The molecule has 0 aliphatic rings. The molecule has 0 aliphatic carbocycles. The first kappa shape index (κ1) is 16.6. The number of aryl methyl sites for hydroxylation is 1. The normalized spacial score (nSPS) is 13.5. The van der Waals surface area contributed by atoms with Gasteiger partial charge in [-0.2, -0.15) is 4.31 Å². The van der Waals surface area contributed by atoms with E-state index < -0.39 is 27.4 Å². The van der Waals surface area contributed by atoms with Crippen LogP contribution in [0.3, 0.4) is 0 Å². The summed E-state index contributed by atoms with van der Waals surface area (Å²) in [6.07, 6.45) is 0.613. The highest BCUT2D eigenvalue weighted by molar-refractivity contribution is 7.89. The molecule has 5 nitrogen and oxygen atoms in total. The summed E-state index contributed by atoms with van der Waals surface area (Å²) in [4.78, 5) is 10.8. The summed E-state index contributed by atoms with van der Waals surface area (Å²) < 4.78 is 39.6. The van der Waals surface area contributed by atoms with Crippen molar-refractivity contribution >= 4 is 16.0 Å². The number of sulfonamides is 1. The molecule has 1 unspecified atom stereocenters. The number of rotatable bonds is 5. The van der Waals surface area contributed by atoms with Crippen molar-refractivity contribution < 1.29 is 22.7 Å². The van der Waals surface area contributed by atoms with E-state index in [-0.39, 0.29) is 16.5 Å². The summed E-state index contributed by atoms with van der Waals surface area (Å²) in [5.41, 5.74) is -0.651. The van der Waals surface area contributed by atoms with Crippen molar-refractivity contribution in [2.45, 2.75) is 38.1 Å². The number of carboxylic acid groups (broad SMARTS) is 1. The maximum atomic E-state index is 13.7. The molecule has 1 atom stereocenters. The van der Waals surface area contributed by atoms with Gasteiger partial charge < -0.3 is 5.11 Å². The third-order valence-electron chi connectivity index (χ3n) is 3.35. The first-order valence-electron chi connectivity index (χ1n) is 6.14. The van der Waals surface area contributed by atoms with Gasteiger partial charge >= 0.3 is 5.97 Å². The Morgan fingerprint density at radius 1 is 1.45 bits per heavy atom. The fourth-order valence-electron chi connectivity index (χ4n) is 1.70. The van der Waals surface area contributed by atoms with Crippen LogP contribution in [0.2, 0.25) is 0 Å². The Bertz CT molecular complexity index is 628. The zero-order chi connectivity index (χ0) is 15.7. The van der Waals surface area contributed by atoms with Crippen LogP contribution in [0.5, 0.6) is 0 Å². The second-order valence-corrected chi connectivity index (χ2v) is 6.68. The summed E-state index contributed by atoms with van der Waals surface area (Å²) in [6, 6.07) is 1.77. The van der Waals surface area contributed by atoms with Crippen LogP contribution >= 0.6 is 0 Å². The second kappa shape index (κ2) is 5.88. The summed E-state index contributed by atoms with van der Waals surface area (Å²) >= 11 is 0. The lowest BCUT2D eigenvalue weighted by Crippen LogP contribution is -2.34. The molecular formula is C13H18FNO4S. The molecule has 0 spiro atoms. The average molecular weight is 303 g/mol. The summed E-state index contributed by atoms with van der Waals surface area (Å²) in [6.45, 7) is 4.92. The molecule has 0 aliphatic heterocycles. The van der Waals surface area contributed by atoms with Gasteiger partial charge in [-0.1, -0.05) is 6.92 Å². The quantitative estimate of drug-likeness (QED) is 0.905. The molecule has 0 amide bonds. The van der Waals surface area contributed by atoms with Gasteiger partial charge in [0, 0.05) is 13.1 Å². The first-order chi connectivity index (χ1) is 9.12. The highest BCUT2D eigenvalue weighted by Crippen LogP contribution is 2.23. The van der Waals surface area contributed by atoms with Crippen LogP contribution in [-0.4, -0.2) is 36.9 Å². The summed E-state index contributed by atoms with van der Waals surface area (Å²) in [7, 11) is -2.42. The molecule has 0 fully saturated rings. The lowest BCUT2D eigenvalue weighted by Gasteiger charge is -2.23. The molecule has 1 N–H and O–H groups in total. The number of benzene rings is 1. The van der Waals surface area contributed by atoms with E-state index in [1.807, 2.05) is 6.92 Å². The highest BCUT2D eigenvalue weighted by Gasteiger charge is 2.27. The van der Waals surface area contributed by atoms with Gasteiger partial charge in [-0.25, -0.2) is 17.6 Å². The Hall–Kier alpha value is -1.47. The van der Waals surface area contributed by atoms with Gasteiger partial charge in [0.25, 0.3) is 0 Å². The number of hydrogen-bond donors (Lipinski definition) is 1. The van der Waals surface area contributed by atoms with Gasteiger partial charge in [0.15, 0.2) is 0 Å². The highest BCUT2D eigenvalue weighted by atomic mass is 32.2. The van der Waals surface area contributed by atoms with Gasteiger partial charge in [-0.05, 0) is 38.0 Å². The van der Waals surface area contributed by atoms with Crippen LogP contribution in [0, 0.1) is 12.7 Å². The van der Waals surface area contributed by atoms with E-state index in [1.165, 1.54) is 14.0 Å². The van der Waals surface area contributed by atoms with Crippen molar-refractivity contribution in [2.24, 2.45) is 0 Å². The third kappa shape index (κ3) is 2.99. The van der Waals surface area contributed by atoms with Gasteiger partial charge in [0.05, 0.1) is 10.5 Å². The van der Waals surface area contributed by atoms with Crippen LogP contribution in [0.4, 0.5) is 4.39 Å². The van der Waals surface area contributed by atoms with E-state index in [0.29, 0.717) is 6.42 Å². The topological polar surface area (TPSA) is 74.7 Å². The number of carboxylic acids is 1. The summed E-state index contributed by atoms with van der Waals surface area (Å²) in [5.74, 6) is -2.41. The minimum absolute atomic E-state index is 0.0129. The predicted molar refractivity (Wildman–Crippen MR) is 72.8 cm³/mol. The van der Waals surface area contributed by atoms with E-state index >= 15 is 0 Å². The monoisotopic (exact) mass is 303 g/mol. The zero-order valence-electron chi connectivity index (χ0n) is 11.8. The van der Waals surface area contributed by atoms with Crippen molar-refractivity contribution in [2.75, 3.05) is 7.05 Å². The molecule has 20 heavy (non-hydrogen) atoms. The van der Waals surface area contributed by atoms with Crippen molar-refractivity contribution in [1.29, 1.82) is 0 Å². The van der Waals surface area contributed by atoms with E-state index in [9.17, 15) is 17.6 Å². The molecule has 1 aromatic carbocycles. The van der Waals surface area contributed by atoms with E-state index in [1.54, 1.807) is 6.92 Å². The Labute approximate surface area is 118 Å². The Morgan fingerprint density at radius 3 is 2.45 bits per heavy atom. The first-order valence-corrected chi connectivity index (χ1v) is 7.58. The molecule has 0 bridgehead atoms. The number of carbonyl (C=O) groups is 1. The van der Waals surface area contributed by atoms with E-state index in [2.05, 4.69) is 0 Å². The predicted octanol–water partition coefficient (Wildman–Crippen LogP) is 2.25. The van der Waals surface area contributed by atoms with Crippen molar-refractivity contribution in [3.8, 4) is 0 Å². The average Bonchev–Trinajstić information content (AvgIpc) is 2.39. The number of aromatic carboxylic acids is 1. The minimum atomic E-state index is -3.84. The minimum Gasteiger partial charge on any atom is -0.478 e. The van der Waals surface area contributed by atoms with E-state index in [0.717, 1.165) is 16.4 Å². The summed E-state index contributed by atoms with van der Waals surface area (Å²) in [5, 5.41) is 8.93. The van der Waals surface area contributed by atoms with Gasteiger partial charge in [0.1, 0.15) is 5.82 Å². The molecular weight excluding hydrogens is 285 g/mol. The maximum Gasteiger partial charge on any atom is 0.338 e. The molecule has 1 rings (SSSR count). The molecule has 0 saturated heterocycles. The molecule has 7 heteroatoms. The zero-order valence-corrected chi connectivity index (χ0v) is 12.7. The van der Waals surface area contributed by atoms with Crippen LogP contribution in [0.1, 0.15) is 36.2 Å². The van der Waals surface area contributed by atoms with Crippen molar-refractivity contribution in [1.82, 2.24) is 4.31 Å². The Morgan fingerprint density at radius 2 is 2.00 bits per heavy atom. The Kier molecular flexibility index (Phi) is 4.88. The van der Waals surface area contributed by atoms with Gasteiger partial charge in [-0.15, -0.1) is 0 Å². The number of hydrogen-bond acceptors (Lipinski definition) is 3. The van der Waals surface area contributed by atoms with Crippen molar-refractivity contribution in [3.63, 3.8) is 0 Å². The lowest BCUT2D eigenvalue weighted by molar-refractivity contribution is 0.0691. The van der Waals surface area contributed by atoms with Crippen molar-refractivity contribution in [3.05, 3.63) is 29.1 Å². The fraction of sp³-hybridized carbons (Fsp3) is 0.462.